The van der Waals surface area contributed by atoms with Gasteiger partial charge in [-0.25, -0.2) is 17.6 Å². The Morgan fingerprint density at radius 2 is 2.07 bits per heavy atom. The third-order valence-electron chi connectivity index (χ3n) is 1.62. The van der Waals surface area contributed by atoms with Gasteiger partial charge in [-0.15, -0.1) is 0 Å². The fraction of sp³-hybridized carbons (Fsp3) is 0.125. The summed E-state index contributed by atoms with van der Waals surface area (Å²) in [6.45, 7) is 0. The van der Waals surface area contributed by atoms with Crippen LogP contribution in [0, 0.1) is 5.82 Å². The first-order chi connectivity index (χ1) is 6.86. The maximum absolute atomic E-state index is 13.2. The molecule has 7 heteroatoms. The van der Waals surface area contributed by atoms with Gasteiger partial charge in [0.2, 0.25) is 0 Å². The van der Waals surface area contributed by atoms with Crippen molar-refractivity contribution in [3.05, 3.63) is 29.6 Å². The number of halogens is 2. The van der Waals surface area contributed by atoms with Crippen molar-refractivity contribution in [3.8, 4) is 0 Å². The van der Waals surface area contributed by atoms with Crippen LogP contribution < -0.4 is 0 Å². The molecule has 0 aliphatic carbocycles. The molecule has 0 saturated heterocycles. The van der Waals surface area contributed by atoms with Crippen LogP contribution >= 0.6 is 10.7 Å². The van der Waals surface area contributed by atoms with Gasteiger partial charge in [-0.1, -0.05) is 0 Å². The Bertz CT molecular complexity index is 497. The molecule has 1 aromatic rings. The SMILES string of the molecule is COC(=O)c1ccc(S(=O)(=O)Cl)c(F)c1. The first-order valence-corrected chi connectivity index (χ1v) is 5.99. The lowest BCUT2D eigenvalue weighted by atomic mass is 10.2. The fourth-order valence-corrected chi connectivity index (χ4v) is 1.84. The lowest BCUT2D eigenvalue weighted by Gasteiger charge is -2.01. The van der Waals surface area contributed by atoms with Gasteiger partial charge in [-0.3, -0.25) is 0 Å². The molecule has 0 aliphatic rings. The molecule has 15 heavy (non-hydrogen) atoms. The highest BCUT2D eigenvalue weighted by atomic mass is 35.7. The van der Waals surface area contributed by atoms with Gasteiger partial charge in [0.1, 0.15) is 10.7 Å². The Hall–Kier alpha value is -1.14. The van der Waals surface area contributed by atoms with E-state index < -0.39 is 25.7 Å². The summed E-state index contributed by atoms with van der Waals surface area (Å²) >= 11 is 0. The molecular formula is C8H6ClFO4S. The first kappa shape index (κ1) is 11.9. The summed E-state index contributed by atoms with van der Waals surface area (Å²) < 4.78 is 39.1. The molecule has 0 aromatic heterocycles. The van der Waals surface area contributed by atoms with Crippen LogP contribution in [0.5, 0.6) is 0 Å². The molecule has 0 heterocycles. The van der Waals surface area contributed by atoms with Gasteiger partial charge in [-0.2, -0.15) is 0 Å². The van der Waals surface area contributed by atoms with E-state index in [1.54, 1.807) is 0 Å². The van der Waals surface area contributed by atoms with Crippen molar-refractivity contribution in [2.75, 3.05) is 7.11 Å². The van der Waals surface area contributed by atoms with E-state index in [0.717, 1.165) is 25.3 Å². The van der Waals surface area contributed by atoms with E-state index in [9.17, 15) is 17.6 Å². The Morgan fingerprint density at radius 1 is 1.47 bits per heavy atom. The third-order valence-corrected chi connectivity index (χ3v) is 2.97. The number of methoxy groups -OCH3 is 1. The average molecular weight is 253 g/mol. The van der Waals surface area contributed by atoms with Gasteiger partial charge in [0.15, 0.2) is 0 Å². The highest BCUT2D eigenvalue weighted by Gasteiger charge is 2.18. The number of benzene rings is 1. The maximum Gasteiger partial charge on any atom is 0.337 e. The van der Waals surface area contributed by atoms with E-state index in [1.807, 2.05) is 0 Å². The van der Waals surface area contributed by atoms with E-state index in [-0.39, 0.29) is 5.56 Å². The van der Waals surface area contributed by atoms with E-state index >= 15 is 0 Å². The molecule has 0 amide bonds. The number of carbonyl (C=O) groups excluding carboxylic acids is 1. The zero-order valence-corrected chi connectivity index (χ0v) is 9.10. The highest BCUT2D eigenvalue weighted by molar-refractivity contribution is 8.13. The van der Waals surface area contributed by atoms with E-state index in [0.29, 0.717) is 0 Å². The molecule has 1 rings (SSSR count). The molecule has 0 radical (unpaired) electrons. The molecule has 0 saturated carbocycles. The van der Waals surface area contributed by atoms with E-state index in [4.69, 9.17) is 10.7 Å². The molecule has 0 bridgehead atoms. The average Bonchev–Trinajstić information content (AvgIpc) is 2.14. The van der Waals surface area contributed by atoms with Crippen molar-refractivity contribution >= 4 is 25.7 Å². The number of ether oxygens (including phenoxy) is 1. The molecule has 4 nitrogen and oxygen atoms in total. The Morgan fingerprint density at radius 3 is 2.47 bits per heavy atom. The van der Waals surface area contributed by atoms with Crippen molar-refractivity contribution in [1.82, 2.24) is 0 Å². The minimum atomic E-state index is -4.14. The molecule has 0 aliphatic heterocycles. The van der Waals surface area contributed by atoms with Gasteiger partial charge in [0.25, 0.3) is 9.05 Å². The minimum Gasteiger partial charge on any atom is -0.465 e. The zero-order chi connectivity index (χ0) is 11.6. The highest BCUT2D eigenvalue weighted by Crippen LogP contribution is 2.20. The maximum atomic E-state index is 13.2. The minimum absolute atomic E-state index is 0.0842. The molecule has 0 fully saturated rings. The largest absolute Gasteiger partial charge is 0.465 e. The number of hydrogen-bond acceptors (Lipinski definition) is 4. The third kappa shape index (κ3) is 2.66. The second kappa shape index (κ2) is 4.16. The lowest BCUT2D eigenvalue weighted by Crippen LogP contribution is -2.03. The summed E-state index contributed by atoms with van der Waals surface area (Å²) in [5, 5.41) is 0. The van der Waals surface area contributed by atoms with Crippen molar-refractivity contribution in [1.29, 1.82) is 0 Å². The fourth-order valence-electron chi connectivity index (χ4n) is 0.943. The number of hydrogen-bond donors (Lipinski definition) is 0. The van der Waals surface area contributed by atoms with Crippen LogP contribution in [0.15, 0.2) is 23.1 Å². The summed E-state index contributed by atoms with van der Waals surface area (Å²) in [6, 6.07) is 2.77. The van der Waals surface area contributed by atoms with Crippen molar-refractivity contribution in [2.45, 2.75) is 4.90 Å². The number of carbonyl (C=O) groups is 1. The Kier molecular flexibility index (Phi) is 3.31. The lowest BCUT2D eigenvalue weighted by molar-refractivity contribution is 0.0600. The van der Waals surface area contributed by atoms with E-state index in [1.165, 1.54) is 0 Å². The summed E-state index contributed by atoms with van der Waals surface area (Å²) in [6.07, 6.45) is 0. The number of rotatable bonds is 2. The predicted molar refractivity (Wildman–Crippen MR) is 50.8 cm³/mol. The van der Waals surface area contributed by atoms with Gasteiger partial charge in [-0.05, 0) is 18.2 Å². The van der Waals surface area contributed by atoms with Crippen LogP contribution in [0.25, 0.3) is 0 Å². The molecule has 0 atom stereocenters. The first-order valence-electron chi connectivity index (χ1n) is 3.69. The second-order valence-corrected chi connectivity index (χ2v) is 5.11. The predicted octanol–water partition coefficient (Wildman–Crippen LogP) is 1.54. The Labute approximate surface area is 90.0 Å². The monoisotopic (exact) mass is 252 g/mol. The van der Waals surface area contributed by atoms with Crippen molar-refractivity contribution in [3.63, 3.8) is 0 Å². The second-order valence-electron chi connectivity index (χ2n) is 2.57. The Balaban J connectivity index is 3.27. The quantitative estimate of drug-likeness (QED) is 0.592. The van der Waals surface area contributed by atoms with Gasteiger partial charge in [0, 0.05) is 10.7 Å². The zero-order valence-electron chi connectivity index (χ0n) is 7.53. The van der Waals surface area contributed by atoms with Crippen LogP contribution in [0.4, 0.5) is 4.39 Å². The van der Waals surface area contributed by atoms with Crippen molar-refractivity contribution in [2.24, 2.45) is 0 Å². The summed E-state index contributed by atoms with van der Waals surface area (Å²) in [5.41, 5.74) is -0.0842. The summed E-state index contributed by atoms with van der Waals surface area (Å²) in [5.74, 6) is -1.85. The summed E-state index contributed by atoms with van der Waals surface area (Å²) in [4.78, 5) is 10.3. The van der Waals surface area contributed by atoms with Crippen LogP contribution in [0.2, 0.25) is 0 Å². The van der Waals surface area contributed by atoms with Crippen molar-refractivity contribution < 1.29 is 22.3 Å². The van der Waals surface area contributed by atoms with Crippen LogP contribution in [-0.4, -0.2) is 21.5 Å². The van der Waals surface area contributed by atoms with Gasteiger partial charge < -0.3 is 4.74 Å². The smallest absolute Gasteiger partial charge is 0.337 e. The van der Waals surface area contributed by atoms with Gasteiger partial charge in [0.05, 0.1) is 12.7 Å². The molecular weight excluding hydrogens is 247 g/mol. The molecule has 1 aromatic carbocycles. The van der Waals surface area contributed by atoms with Crippen LogP contribution in [0.3, 0.4) is 0 Å². The van der Waals surface area contributed by atoms with Crippen LogP contribution in [0.1, 0.15) is 10.4 Å². The molecule has 0 unspecified atom stereocenters. The standard InChI is InChI=1S/C8H6ClFO4S/c1-14-8(11)5-2-3-7(6(10)4-5)15(9,12)13/h2-4H,1H3. The molecule has 0 N–H and O–H groups in total. The number of esters is 1. The molecule has 0 spiro atoms. The molecule has 82 valence electrons. The van der Waals surface area contributed by atoms with Crippen LogP contribution in [-0.2, 0) is 13.8 Å². The van der Waals surface area contributed by atoms with Gasteiger partial charge >= 0.3 is 5.97 Å². The van der Waals surface area contributed by atoms with E-state index in [2.05, 4.69) is 4.74 Å². The summed E-state index contributed by atoms with van der Waals surface area (Å²) in [7, 11) is 1.94. The topological polar surface area (TPSA) is 60.4 Å². The normalized spacial score (nSPS) is 11.1.